The quantitative estimate of drug-likeness (QED) is 0.333. The van der Waals surface area contributed by atoms with Crippen molar-refractivity contribution in [2.24, 2.45) is 16.1 Å². The minimum absolute atomic E-state index is 0.0811. The third-order valence-corrected chi connectivity index (χ3v) is 5.57. The molecule has 1 atom stereocenters. The van der Waals surface area contributed by atoms with Crippen molar-refractivity contribution >= 4 is 29.1 Å². The van der Waals surface area contributed by atoms with E-state index in [9.17, 15) is 9.90 Å². The predicted molar refractivity (Wildman–Crippen MR) is 137 cm³/mol. The third kappa shape index (κ3) is 7.18. The van der Waals surface area contributed by atoms with Gasteiger partial charge in [0, 0.05) is 17.4 Å². The van der Waals surface area contributed by atoms with Crippen LogP contribution in [0.4, 0.5) is 0 Å². The van der Waals surface area contributed by atoms with Crippen LogP contribution in [-0.4, -0.2) is 29.2 Å². The van der Waals surface area contributed by atoms with Gasteiger partial charge in [0.25, 0.3) is 0 Å². The lowest BCUT2D eigenvalue weighted by atomic mass is 9.99. The molecule has 7 heteroatoms. The molecule has 34 heavy (non-hydrogen) atoms. The van der Waals surface area contributed by atoms with Crippen LogP contribution in [0.2, 0.25) is 0 Å². The molecule has 2 N–H and O–H groups in total. The molecule has 0 radical (unpaired) electrons. The molecule has 0 bridgehead atoms. The van der Waals surface area contributed by atoms with Crippen molar-refractivity contribution < 1.29 is 14.7 Å². The summed E-state index contributed by atoms with van der Waals surface area (Å²) < 4.78 is 0. The monoisotopic (exact) mass is 477 g/mol. The van der Waals surface area contributed by atoms with Crippen molar-refractivity contribution in [3.8, 4) is 0 Å². The second kappa shape index (κ2) is 12.6. The molecular weight excluding hydrogens is 450 g/mol. The Morgan fingerprint density at radius 3 is 2.29 bits per heavy atom. The second-order valence-corrected chi connectivity index (χ2v) is 8.30. The van der Waals surface area contributed by atoms with E-state index < -0.39 is 5.91 Å². The van der Waals surface area contributed by atoms with Crippen molar-refractivity contribution in [3.05, 3.63) is 107 Å². The number of oxime groups is 1. The third-order valence-electron chi connectivity index (χ3n) is 5.26. The number of amides is 1. The van der Waals surface area contributed by atoms with E-state index in [0.717, 1.165) is 11.1 Å². The van der Waals surface area contributed by atoms with Crippen molar-refractivity contribution in [2.45, 2.75) is 25.8 Å². The number of carbonyl (C=O) groups is 1. The molecule has 0 saturated carbocycles. The highest BCUT2D eigenvalue weighted by molar-refractivity contribution is 6.36. The minimum atomic E-state index is -0.439. The van der Waals surface area contributed by atoms with Crippen LogP contribution in [0.15, 0.2) is 106 Å². The number of aliphatic hydroxyl groups is 1. The fourth-order valence-corrected chi connectivity index (χ4v) is 3.70. The molecular formula is C27H28ClN3O3. The maximum Gasteiger partial charge on any atom is 0.310 e. The summed E-state index contributed by atoms with van der Waals surface area (Å²) in [5, 5.41) is 17.4. The first-order valence-corrected chi connectivity index (χ1v) is 11.4. The Labute approximate surface area is 205 Å². The van der Waals surface area contributed by atoms with Gasteiger partial charge in [-0.05, 0) is 23.6 Å². The first-order chi connectivity index (χ1) is 16.5. The van der Waals surface area contributed by atoms with E-state index in [1.165, 1.54) is 12.2 Å². The summed E-state index contributed by atoms with van der Waals surface area (Å²) in [6, 6.07) is 19.1. The van der Waals surface area contributed by atoms with Crippen LogP contribution in [0.25, 0.3) is 0 Å². The lowest BCUT2D eigenvalue weighted by Gasteiger charge is -2.21. The summed E-state index contributed by atoms with van der Waals surface area (Å²) in [6.07, 6.45) is 5.81. The lowest BCUT2D eigenvalue weighted by molar-refractivity contribution is -0.116. The summed E-state index contributed by atoms with van der Waals surface area (Å²) in [7, 11) is 0. The van der Waals surface area contributed by atoms with E-state index >= 15 is 0 Å². The highest BCUT2D eigenvalue weighted by atomic mass is 35.5. The highest BCUT2D eigenvalue weighted by Crippen LogP contribution is 2.22. The molecule has 2 aromatic carbocycles. The lowest BCUT2D eigenvalue weighted by Crippen LogP contribution is -2.37. The predicted octanol–water partition coefficient (Wildman–Crippen LogP) is 5.84. The van der Waals surface area contributed by atoms with Crippen LogP contribution in [0.1, 0.15) is 36.9 Å². The summed E-state index contributed by atoms with van der Waals surface area (Å²) in [5.74, 6) is -0.432. The number of halogens is 1. The van der Waals surface area contributed by atoms with E-state index in [0.29, 0.717) is 23.6 Å². The number of aliphatic imine (C=N–C) groups is 1. The Morgan fingerprint density at radius 1 is 1.15 bits per heavy atom. The fourth-order valence-electron chi connectivity index (χ4n) is 3.41. The molecule has 3 rings (SSSR count). The number of hydrogen-bond donors (Lipinski definition) is 2. The van der Waals surface area contributed by atoms with Gasteiger partial charge in [0.1, 0.15) is 0 Å². The van der Waals surface area contributed by atoms with E-state index in [1.807, 2.05) is 73.7 Å². The second-order valence-electron chi connectivity index (χ2n) is 7.82. The van der Waals surface area contributed by atoms with Crippen molar-refractivity contribution in [2.75, 3.05) is 6.54 Å². The number of nitrogens with zero attached hydrogens (tertiary/aromatic N) is 2. The Bertz CT molecular complexity index is 1070. The van der Waals surface area contributed by atoms with Gasteiger partial charge in [-0.15, -0.1) is 0 Å². The highest BCUT2D eigenvalue weighted by Gasteiger charge is 2.24. The Kier molecular flexibility index (Phi) is 9.23. The zero-order chi connectivity index (χ0) is 24.3. The molecule has 176 valence electrons. The van der Waals surface area contributed by atoms with Crippen molar-refractivity contribution in [3.63, 3.8) is 0 Å². The molecule has 0 spiro atoms. The molecule has 1 aliphatic rings. The van der Waals surface area contributed by atoms with Crippen LogP contribution in [-0.2, 0) is 9.63 Å². The summed E-state index contributed by atoms with van der Waals surface area (Å²) in [4.78, 5) is 22.6. The molecule has 2 aromatic rings. The number of carbonyl (C=O) groups excluding carboxylic acids is 1. The van der Waals surface area contributed by atoms with Gasteiger partial charge in [-0.2, -0.15) is 0 Å². The number of hydrogen-bond acceptors (Lipinski definition) is 5. The SMILES string of the molecule is C=C/C=C(/O)CC/C(Cl)=C\C(C)C1=NOC(C(=O)NC(c2ccccc2)c2ccccc2)=NC1. The number of aliphatic hydroxyl groups excluding tert-OH is 1. The largest absolute Gasteiger partial charge is 0.512 e. The van der Waals surface area contributed by atoms with E-state index in [4.69, 9.17) is 16.4 Å². The van der Waals surface area contributed by atoms with Gasteiger partial charge in [-0.1, -0.05) is 103 Å². The fraction of sp³-hybridized carbons (Fsp3) is 0.222. The summed E-state index contributed by atoms with van der Waals surface area (Å²) >= 11 is 6.29. The molecule has 0 fully saturated rings. The summed E-state index contributed by atoms with van der Waals surface area (Å²) in [6.45, 7) is 5.70. The minimum Gasteiger partial charge on any atom is -0.512 e. The van der Waals surface area contributed by atoms with Crippen LogP contribution >= 0.6 is 11.6 Å². The van der Waals surface area contributed by atoms with Crippen molar-refractivity contribution in [1.29, 1.82) is 0 Å². The number of rotatable bonds is 10. The average molecular weight is 478 g/mol. The van der Waals surface area contributed by atoms with Crippen LogP contribution < -0.4 is 5.32 Å². The molecule has 0 aromatic heterocycles. The van der Waals surface area contributed by atoms with E-state index in [2.05, 4.69) is 22.0 Å². The number of nitrogens with one attached hydrogen (secondary N) is 1. The molecule has 0 saturated heterocycles. The van der Waals surface area contributed by atoms with Gasteiger partial charge in [0.15, 0.2) is 0 Å². The Balaban J connectivity index is 1.62. The van der Waals surface area contributed by atoms with Crippen LogP contribution in [0.3, 0.4) is 0 Å². The zero-order valence-electron chi connectivity index (χ0n) is 19.0. The first kappa shape index (κ1) is 25.0. The van der Waals surface area contributed by atoms with E-state index in [1.54, 1.807) is 0 Å². The zero-order valence-corrected chi connectivity index (χ0v) is 19.8. The van der Waals surface area contributed by atoms with Gasteiger partial charge < -0.3 is 15.3 Å². The van der Waals surface area contributed by atoms with Gasteiger partial charge in [0.05, 0.1) is 24.1 Å². The normalized spacial score (nSPS) is 15.1. The summed E-state index contributed by atoms with van der Waals surface area (Å²) in [5.41, 5.74) is 2.55. The molecule has 6 nitrogen and oxygen atoms in total. The maximum atomic E-state index is 12.9. The number of benzene rings is 2. The smallest absolute Gasteiger partial charge is 0.310 e. The van der Waals surface area contributed by atoms with Gasteiger partial charge in [0.2, 0.25) is 0 Å². The van der Waals surface area contributed by atoms with Crippen molar-refractivity contribution in [1.82, 2.24) is 5.32 Å². The van der Waals surface area contributed by atoms with E-state index in [-0.39, 0.29) is 30.2 Å². The Hall–Kier alpha value is -3.64. The standard InChI is InChI=1S/C27H28ClN3O3/c1-3-10-23(32)16-15-22(28)17-19(2)24-18-29-27(34-31-24)26(33)30-25(20-11-6-4-7-12-20)21-13-8-5-9-14-21/h3-14,17,19,25,32H,1,15-16,18H2,2H3,(H,30,33)/b22-17+,23-10+. The van der Waals surface area contributed by atoms with Crippen LogP contribution in [0, 0.1) is 5.92 Å². The molecule has 1 amide bonds. The van der Waals surface area contributed by atoms with Gasteiger partial charge in [-0.3, -0.25) is 4.79 Å². The van der Waals surface area contributed by atoms with Gasteiger partial charge >= 0.3 is 11.8 Å². The molecule has 1 unspecified atom stereocenters. The Morgan fingerprint density at radius 2 is 1.76 bits per heavy atom. The molecule has 0 aliphatic carbocycles. The molecule has 1 aliphatic heterocycles. The average Bonchev–Trinajstić information content (AvgIpc) is 2.87. The maximum absolute atomic E-state index is 12.9. The molecule has 1 heterocycles. The number of allylic oxidation sites excluding steroid dienone is 5. The van der Waals surface area contributed by atoms with Crippen LogP contribution in [0.5, 0.6) is 0 Å². The first-order valence-electron chi connectivity index (χ1n) is 11.0. The topological polar surface area (TPSA) is 83.3 Å². The van der Waals surface area contributed by atoms with Gasteiger partial charge in [-0.25, -0.2) is 4.99 Å².